The van der Waals surface area contributed by atoms with Crippen LogP contribution in [0.3, 0.4) is 0 Å². The van der Waals surface area contributed by atoms with E-state index in [1.54, 1.807) is 74.3 Å². The van der Waals surface area contributed by atoms with Crippen LogP contribution in [-0.2, 0) is 49.1 Å². The molecule has 0 bridgehead atoms. The van der Waals surface area contributed by atoms with Gasteiger partial charge in [0.05, 0.1) is 86.5 Å². The Morgan fingerprint density at radius 3 is 0.896 bits per heavy atom. The van der Waals surface area contributed by atoms with E-state index < -0.39 is 80.1 Å². The van der Waals surface area contributed by atoms with E-state index in [1.807, 2.05) is 237 Å². The fourth-order valence-electron chi connectivity index (χ4n) is 14.6. The number of nitrogens with zero attached hydrogens (tertiary/aromatic N) is 9. The molecule has 15 rings (SSSR count). The number of nitrogens with one attached hydrogen (secondary N) is 6. The average Bonchev–Trinajstić information content (AvgIpc) is 0.805. The quantitative estimate of drug-likeness (QED) is 0.0136. The molecule has 0 saturated heterocycles. The van der Waals surface area contributed by atoms with E-state index in [0.717, 1.165) is 31.8 Å². The van der Waals surface area contributed by atoms with Crippen LogP contribution in [0, 0.1) is 0 Å². The summed E-state index contributed by atoms with van der Waals surface area (Å²) < 4.78 is 37.5. The van der Waals surface area contributed by atoms with E-state index in [1.165, 1.54) is 19.0 Å². The minimum absolute atomic E-state index is 0.154. The van der Waals surface area contributed by atoms with Crippen molar-refractivity contribution in [3.8, 4) is 0 Å². The molecule has 9 unspecified atom stereocenters. The number of benzene rings is 6. The summed E-state index contributed by atoms with van der Waals surface area (Å²) >= 11 is 4.74. The number of hydrogen-bond donors (Lipinski definition) is 9. The van der Waals surface area contributed by atoms with Crippen molar-refractivity contribution < 1.29 is 32.5 Å². The van der Waals surface area contributed by atoms with E-state index in [9.17, 15) is 0 Å². The number of carbonyl (C=O) groups is 3. The predicted octanol–water partition coefficient (Wildman–Crippen LogP) is 17.8. The highest BCUT2D eigenvalue weighted by molar-refractivity contribution is 8.00. The van der Waals surface area contributed by atoms with Crippen molar-refractivity contribution in [2.24, 2.45) is 0 Å². The summed E-state index contributed by atoms with van der Waals surface area (Å²) in [6.07, 6.45) is 21.2. The van der Waals surface area contributed by atoms with Gasteiger partial charge in [-0.2, -0.15) is 0 Å². The maximum Gasteiger partial charge on any atom is 0.475 e. The zero-order chi connectivity index (χ0) is 87.6. The zero-order valence-electron chi connectivity index (χ0n) is 70.6. The molecule has 29 heteroatoms. The second-order valence-corrected chi connectivity index (χ2v) is 38.0. The Bertz CT molecular complexity index is 5590. The Kier molecular flexibility index (Phi) is 26.9. The van der Waals surface area contributed by atoms with Gasteiger partial charge in [-0.25, -0.2) is 49.4 Å². The van der Waals surface area contributed by atoms with Gasteiger partial charge < -0.3 is 49.1 Å². The van der Waals surface area contributed by atoms with Crippen LogP contribution in [0.2, 0.25) is 0 Å². The van der Waals surface area contributed by atoms with Crippen LogP contribution in [0.15, 0.2) is 305 Å². The number of fused-ring (bicyclic) bond motifs is 3. The van der Waals surface area contributed by atoms with Crippen molar-refractivity contribution in [3.05, 3.63) is 324 Å². The number of carbonyl (C=O) groups excluding carboxylic acids is 3. The van der Waals surface area contributed by atoms with Gasteiger partial charge in [0, 0.05) is 65.5 Å². The molecule has 12 N–H and O–H groups in total. The molecule has 3 amide bonds. The lowest BCUT2D eigenvalue weighted by Gasteiger charge is -2.37. The molecule has 9 atom stereocenters. The number of aromatic nitrogens is 9. The number of rotatable bonds is 33. The van der Waals surface area contributed by atoms with Gasteiger partial charge in [-0.3, -0.25) is 28.0 Å². The molecule has 6 heterocycles. The molecule has 12 aromatic rings. The van der Waals surface area contributed by atoms with Crippen LogP contribution in [0.5, 0.6) is 0 Å². The van der Waals surface area contributed by atoms with Crippen molar-refractivity contribution in [2.75, 3.05) is 53.0 Å². The average molecular weight is 1740 g/mol. The number of amides is 3. The van der Waals surface area contributed by atoms with Gasteiger partial charge in [0.25, 0.3) is 17.7 Å². The van der Waals surface area contributed by atoms with Crippen LogP contribution >= 0.6 is 43.1 Å². The highest BCUT2D eigenvalue weighted by atomic mass is 32.2. The molecule has 638 valence electrons. The summed E-state index contributed by atoms with van der Waals surface area (Å²) in [6.45, 7) is 16.1. The van der Waals surface area contributed by atoms with Crippen LogP contribution in [0.1, 0.15) is 114 Å². The van der Waals surface area contributed by atoms with Gasteiger partial charge >= 0.3 is 7.82 Å². The highest BCUT2D eigenvalue weighted by Gasteiger charge is 2.43. The molecule has 3 aliphatic carbocycles. The summed E-state index contributed by atoms with van der Waals surface area (Å²) in [6, 6.07) is 60.4. The molecule has 0 aliphatic heterocycles. The van der Waals surface area contributed by atoms with Crippen molar-refractivity contribution in [2.45, 2.75) is 145 Å². The van der Waals surface area contributed by atoms with Gasteiger partial charge in [0.15, 0.2) is 16.9 Å². The SMILES string of the molecule is CC(C)c1ccc2c(NC3C=C(C(=O)NC(C)(COP(=O)(OCC(C)(NC(=O)C4=CC(Nc5ncnc6nc(C(C)C)ccc56)C(Sc5ccc(N)cc5)C=C4)c4ccccc4)OCC(C)(NC(=O)C4=CC(Nc5ncnc6nc(C(C)C)ccc56)C(Sc5ccc(N)cc5)C=C4)c4ccccc4)c4ccccc4)C=CC3Sc3ccc(N)cc3)ncnc2n1. The van der Waals surface area contributed by atoms with Crippen molar-refractivity contribution in [1.82, 2.24) is 60.8 Å². The van der Waals surface area contributed by atoms with Gasteiger partial charge in [-0.05, 0) is 183 Å². The first-order valence-electron chi connectivity index (χ1n) is 41.3. The van der Waals surface area contributed by atoms with Crippen LogP contribution in [0.25, 0.3) is 33.1 Å². The molecule has 0 saturated carbocycles. The molecule has 0 spiro atoms. The van der Waals surface area contributed by atoms with Crippen molar-refractivity contribution in [1.29, 1.82) is 0 Å². The largest absolute Gasteiger partial charge is 0.475 e. The molecule has 0 fully saturated rings. The smallest absolute Gasteiger partial charge is 0.399 e. The highest BCUT2D eigenvalue weighted by Crippen LogP contribution is 2.53. The first-order chi connectivity index (χ1) is 60.2. The standard InChI is InChI=1S/C96H99N18O7PS3/c1-58(2)76-43-40-73-85(106-76)100-55-103-88(73)109-79-49-61(25-46-82(79)123-70-34-28-67(97)29-35-70)91(115)112-94(7,64-19-13-10-14-20-64)52-119-122(118,120-53-95(8,65-21-15-11-16-22-65)113-92(116)62-26-47-83(124-71-36-30-68(98)31-37-71)80(50-62)110-89-74-41-44-77(59(3)4)107-86(74)101-56-104-89)121-54-96(9,66-23-17-12-18-24-66)114-93(117)63-27-48-84(125-72-38-32-69(99)33-39-72)81(51-63)111-90-75-42-45-78(60(5)6)108-87(75)102-57-105-90/h10-51,55-60,79-84H,52-54,97-99H2,1-9H3,(H,112,115)(H,113,116)(H,114,117)(H,100,103,106,109)(H,101,104,107,110)(H,102,105,108,111). The Balaban J connectivity index is 0.768. The molecular weight excluding hydrogens is 1640 g/mol. The number of hydrogen-bond acceptors (Lipinski definition) is 25. The molecule has 125 heavy (non-hydrogen) atoms. The normalized spacial score (nSPS) is 18.8. The van der Waals surface area contributed by atoms with Crippen molar-refractivity contribution >= 4 is 128 Å². The van der Waals surface area contributed by atoms with E-state index >= 15 is 18.9 Å². The Labute approximate surface area is 739 Å². The summed E-state index contributed by atoms with van der Waals surface area (Å²) in [7, 11) is -5.12. The lowest BCUT2D eigenvalue weighted by Crippen LogP contribution is -2.49. The Hall–Kier alpha value is -12.4. The number of anilines is 6. The van der Waals surface area contributed by atoms with Gasteiger partial charge in [-0.1, -0.05) is 169 Å². The second kappa shape index (κ2) is 38.4. The van der Waals surface area contributed by atoms with Crippen LogP contribution in [0.4, 0.5) is 34.5 Å². The molecule has 6 aromatic carbocycles. The Morgan fingerprint density at radius 1 is 0.376 bits per heavy atom. The van der Waals surface area contributed by atoms with E-state index in [-0.39, 0.29) is 33.5 Å². The second-order valence-electron chi connectivity index (χ2n) is 32.6. The third-order valence-corrected chi connectivity index (χ3v) is 27.1. The maximum atomic E-state index is 16.9. The third kappa shape index (κ3) is 21.2. The van der Waals surface area contributed by atoms with Gasteiger partial charge in [-0.15, -0.1) is 35.3 Å². The first-order valence-corrected chi connectivity index (χ1v) is 45.4. The van der Waals surface area contributed by atoms with Gasteiger partial charge in [0.2, 0.25) is 0 Å². The summed E-state index contributed by atoms with van der Waals surface area (Å²) in [4.78, 5) is 92.0. The minimum Gasteiger partial charge on any atom is -0.399 e. The number of nitrogen functional groups attached to an aromatic ring is 3. The van der Waals surface area contributed by atoms with Crippen LogP contribution in [-0.4, -0.2) is 116 Å². The number of nitrogens with two attached hydrogens (primary N) is 3. The molecule has 3 aliphatic rings. The zero-order valence-corrected chi connectivity index (χ0v) is 73.9. The fraction of sp³-hybridized carbons (Fsp3) is 0.250. The molecular formula is C96H99N18O7PS3. The van der Waals surface area contributed by atoms with Gasteiger partial charge in [0.1, 0.15) is 36.4 Å². The lowest BCUT2D eigenvalue weighted by molar-refractivity contribution is -0.120. The number of pyridine rings is 3. The Morgan fingerprint density at radius 2 is 0.640 bits per heavy atom. The summed E-state index contributed by atoms with van der Waals surface area (Å²) in [5.74, 6) is 0.498. The summed E-state index contributed by atoms with van der Waals surface area (Å²) in [5, 5.41) is 22.1. The number of phosphoric ester groups is 1. The summed E-state index contributed by atoms with van der Waals surface area (Å²) in [5.41, 5.74) is 22.6. The lowest BCUT2D eigenvalue weighted by atomic mass is 9.92. The first kappa shape index (κ1) is 87.5. The predicted molar refractivity (Wildman–Crippen MR) is 501 cm³/mol. The molecule has 0 radical (unpaired) electrons. The number of thioether (sulfide) groups is 3. The van der Waals surface area contributed by atoms with Crippen molar-refractivity contribution in [3.63, 3.8) is 0 Å². The molecule has 25 nitrogen and oxygen atoms in total. The van der Waals surface area contributed by atoms with E-state index in [4.69, 9.17) is 60.7 Å². The maximum absolute atomic E-state index is 16.9. The van der Waals surface area contributed by atoms with E-state index in [2.05, 4.69) is 88.4 Å². The number of phosphoric acid groups is 1. The molecule has 6 aromatic heterocycles. The monoisotopic (exact) mass is 1740 g/mol. The van der Waals surface area contributed by atoms with Crippen LogP contribution < -0.4 is 49.1 Å². The minimum atomic E-state index is -5.12. The topological polar surface area (TPSA) is 362 Å². The third-order valence-electron chi connectivity index (χ3n) is 22.0. The van der Waals surface area contributed by atoms with E-state index in [0.29, 0.717) is 101 Å². The fourth-order valence-corrected chi connectivity index (χ4v) is 19.3.